The van der Waals surface area contributed by atoms with E-state index in [1.807, 2.05) is 30.5 Å². The van der Waals surface area contributed by atoms with Gasteiger partial charge >= 0.3 is 0 Å². The molecule has 0 spiro atoms. The normalized spacial score (nSPS) is 14.5. The lowest BCUT2D eigenvalue weighted by atomic mass is 9.79. The molecule has 6 aromatic carbocycles. The Morgan fingerprint density at radius 2 is 1.04 bits per heavy atom. The second kappa shape index (κ2) is 11.4. The maximum absolute atomic E-state index is 5.42. The van der Waals surface area contributed by atoms with Crippen molar-refractivity contribution in [3.8, 4) is 62.1 Å². The molecule has 5 nitrogen and oxygen atoms in total. The van der Waals surface area contributed by atoms with Gasteiger partial charge in [-0.2, -0.15) is 0 Å². The lowest BCUT2D eigenvalue weighted by Gasteiger charge is -2.27. The van der Waals surface area contributed by atoms with Gasteiger partial charge < -0.3 is 0 Å². The van der Waals surface area contributed by atoms with E-state index < -0.39 is 5.41 Å². The summed E-state index contributed by atoms with van der Waals surface area (Å²) in [7, 11) is 0. The van der Waals surface area contributed by atoms with E-state index >= 15 is 0 Å². The van der Waals surface area contributed by atoms with E-state index in [-0.39, 0.29) is 5.41 Å². The molecule has 11 rings (SSSR count). The van der Waals surface area contributed by atoms with Crippen molar-refractivity contribution < 1.29 is 0 Å². The molecule has 3 aromatic heterocycles. The lowest BCUT2D eigenvalue weighted by Crippen LogP contribution is -2.19. The third-order valence-corrected chi connectivity index (χ3v) is 12.1. The van der Waals surface area contributed by atoms with Crippen LogP contribution in [0.5, 0.6) is 0 Å². The molecule has 0 N–H and O–H groups in total. The van der Waals surface area contributed by atoms with Crippen LogP contribution in [0.1, 0.15) is 49.9 Å². The summed E-state index contributed by atoms with van der Waals surface area (Å²) < 4.78 is 2.35. The van der Waals surface area contributed by atoms with Crippen LogP contribution in [0, 0.1) is 0 Å². The van der Waals surface area contributed by atoms with Crippen molar-refractivity contribution in [2.75, 3.05) is 0 Å². The Labute approximate surface area is 320 Å². The minimum absolute atomic E-state index is 0.139. The average Bonchev–Trinajstić information content (AvgIpc) is 3.78. The molecule has 0 unspecified atom stereocenters. The summed E-state index contributed by atoms with van der Waals surface area (Å²) in [5.74, 6) is 2.01. The van der Waals surface area contributed by atoms with Gasteiger partial charge in [0.25, 0.3) is 0 Å². The number of hydrogen-bond donors (Lipinski definition) is 0. The van der Waals surface area contributed by atoms with Crippen molar-refractivity contribution >= 4 is 21.9 Å². The molecule has 262 valence electrons. The van der Waals surface area contributed by atoms with Gasteiger partial charge in [0.05, 0.1) is 11.2 Å². The van der Waals surface area contributed by atoms with Crippen LogP contribution in [0.15, 0.2) is 152 Å². The first-order valence-corrected chi connectivity index (χ1v) is 19.0. The van der Waals surface area contributed by atoms with Gasteiger partial charge in [0.2, 0.25) is 0 Å². The zero-order valence-corrected chi connectivity index (χ0v) is 31.2. The number of rotatable bonds is 4. The van der Waals surface area contributed by atoms with E-state index in [9.17, 15) is 0 Å². The predicted molar refractivity (Wildman–Crippen MR) is 223 cm³/mol. The van der Waals surface area contributed by atoms with Crippen LogP contribution in [0.2, 0.25) is 0 Å². The van der Waals surface area contributed by atoms with Crippen molar-refractivity contribution in [1.29, 1.82) is 0 Å². The standard InChI is InChI=1S/C50H37N5/c1-49(2)38-25-10-8-19-35(38)42-36(22-13-26-39(42)49)46-52-45(30-16-6-5-7-17-30)53-47(54-46)37-23-12-20-32-33-21-14-28-41(44(33)50(3,4)43(32)37)55-40-27-11-9-18-31(40)34-24-15-29-51-48(34)55/h5-29H,1-4H3. The van der Waals surface area contributed by atoms with Crippen molar-refractivity contribution in [2.24, 2.45) is 0 Å². The number of hydrogen-bond acceptors (Lipinski definition) is 4. The molecule has 0 saturated carbocycles. The van der Waals surface area contributed by atoms with Gasteiger partial charge in [0.15, 0.2) is 17.5 Å². The van der Waals surface area contributed by atoms with Crippen LogP contribution in [0.25, 0.3) is 84.0 Å². The van der Waals surface area contributed by atoms with Crippen LogP contribution in [-0.2, 0) is 10.8 Å². The predicted octanol–water partition coefficient (Wildman–Crippen LogP) is 12.0. The minimum Gasteiger partial charge on any atom is -0.294 e. The highest BCUT2D eigenvalue weighted by molar-refractivity contribution is 6.08. The molecule has 0 radical (unpaired) electrons. The van der Waals surface area contributed by atoms with Crippen LogP contribution in [0.3, 0.4) is 0 Å². The summed E-state index contributed by atoms with van der Waals surface area (Å²) in [5.41, 5.74) is 15.6. The molecule has 9 aromatic rings. The van der Waals surface area contributed by atoms with E-state index in [1.165, 1.54) is 49.9 Å². The smallest absolute Gasteiger partial charge is 0.164 e. The molecule has 2 aliphatic carbocycles. The molecular formula is C50H37N5. The zero-order chi connectivity index (χ0) is 37.1. The molecule has 0 fully saturated rings. The molecule has 0 aliphatic heterocycles. The SMILES string of the molecule is CC1(C)c2ccccc2-c2c(-c3nc(-c4ccccc4)nc(-c4cccc5c4C(C)(C)c4c-5cccc4-n4c5ccccc5c5cccnc54)n3)cccc21. The monoisotopic (exact) mass is 707 g/mol. The van der Waals surface area contributed by atoms with E-state index in [4.69, 9.17) is 19.9 Å². The van der Waals surface area contributed by atoms with Crippen LogP contribution < -0.4 is 0 Å². The number of benzene rings is 6. The summed E-state index contributed by atoms with van der Waals surface area (Å²) in [4.78, 5) is 20.9. The van der Waals surface area contributed by atoms with Gasteiger partial charge in [0, 0.05) is 44.5 Å². The Hall–Kier alpha value is -6.72. The molecule has 2 aliphatic rings. The Bertz CT molecular complexity index is 2990. The first-order valence-electron chi connectivity index (χ1n) is 19.0. The largest absolute Gasteiger partial charge is 0.294 e. The Morgan fingerprint density at radius 1 is 0.436 bits per heavy atom. The van der Waals surface area contributed by atoms with Gasteiger partial charge in [-0.15, -0.1) is 0 Å². The fourth-order valence-corrected chi connectivity index (χ4v) is 9.68. The van der Waals surface area contributed by atoms with E-state index in [0.29, 0.717) is 17.5 Å². The number of nitrogens with zero attached hydrogens (tertiary/aromatic N) is 5. The van der Waals surface area contributed by atoms with Crippen molar-refractivity contribution in [2.45, 2.75) is 38.5 Å². The molecule has 0 bridgehead atoms. The van der Waals surface area contributed by atoms with E-state index in [1.54, 1.807) is 0 Å². The Kier molecular flexibility index (Phi) is 6.58. The third kappa shape index (κ3) is 4.41. The quantitative estimate of drug-likeness (QED) is 0.183. The molecule has 0 saturated heterocycles. The van der Waals surface area contributed by atoms with Crippen LogP contribution in [-0.4, -0.2) is 24.5 Å². The number of para-hydroxylation sites is 1. The third-order valence-electron chi connectivity index (χ3n) is 12.1. The molecule has 3 heterocycles. The first-order chi connectivity index (χ1) is 26.8. The Morgan fingerprint density at radius 3 is 1.89 bits per heavy atom. The number of fused-ring (bicyclic) bond motifs is 9. The zero-order valence-electron chi connectivity index (χ0n) is 31.2. The van der Waals surface area contributed by atoms with E-state index in [0.717, 1.165) is 38.9 Å². The summed E-state index contributed by atoms with van der Waals surface area (Å²) in [6.45, 7) is 9.31. The van der Waals surface area contributed by atoms with Gasteiger partial charge in [-0.25, -0.2) is 19.9 Å². The van der Waals surface area contributed by atoms with E-state index in [2.05, 4.69) is 154 Å². The van der Waals surface area contributed by atoms with Crippen molar-refractivity contribution in [3.05, 3.63) is 174 Å². The molecular weight excluding hydrogens is 671 g/mol. The second-order valence-electron chi connectivity index (χ2n) is 15.9. The highest BCUT2D eigenvalue weighted by atomic mass is 15.1. The average molecular weight is 708 g/mol. The van der Waals surface area contributed by atoms with Gasteiger partial charge in [-0.3, -0.25) is 4.57 Å². The fraction of sp³-hybridized carbons (Fsp3) is 0.120. The molecule has 0 atom stereocenters. The number of aromatic nitrogens is 5. The Balaban J connectivity index is 1.15. The minimum atomic E-state index is -0.402. The lowest BCUT2D eigenvalue weighted by molar-refractivity contribution is 0.657. The highest BCUT2D eigenvalue weighted by Crippen LogP contribution is 2.55. The summed E-state index contributed by atoms with van der Waals surface area (Å²) >= 11 is 0. The van der Waals surface area contributed by atoms with Crippen LogP contribution >= 0.6 is 0 Å². The maximum atomic E-state index is 5.42. The molecule has 5 heteroatoms. The fourth-order valence-electron chi connectivity index (χ4n) is 9.68. The van der Waals surface area contributed by atoms with Crippen molar-refractivity contribution in [3.63, 3.8) is 0 Å². The molecule has 55 heavy (non-hydrogen) atoms. The summed E-state index contributed by atoms with van der Waals surface area (Å²) in [6.07, 6.45) is 1.89. The van der Waals surface area contributed by atoms with Crippen molar-refractivity contribution in [1.82, 2.24) is 24.5 Å². The molecule has 0 amide bonds. The first kappa shape index (κ1) is 31.8. The summed E-state index contributed by atoms with van der Waals surface area (Å²) in [6, 6.07) is 51.7. The second-order valence-corrected chi connectivity index (χ2v) is 15.9. The topological polar surface area (TPSA) is 56.5 Å². The number of pyridine rings is 1. The maximum Gasteiger partial charge on any atom is 0.164 e. The van der Waals surface area contributed by atoms with Crippen LogP contribution in [0.4, 0.5) is 0 Å². The highest BCUT2D eigenvalue weighted by Gasteiger charge is 2.41. The van der Waals surface area contributed by atoms with Gasteiger partial charge in [-0.1, -0.05) is 149 Å². The van der Waals surface area contributed by atoms with Gasteiger partial charge in [-0.05, 0) is 68.8 Å². The van der Waals surface area contributed by atoms with Gasteiger partial charge in [0.1, 0.15) is 5.65 Å². The summed E-state index contributed by atoms with van der Waals surface area (Å²) in [5, 5.41) is 2.34.